The predicted molar refractivity (Wildman–Crippen MR) is 111 cm³/mol. The van der Waals surface area contributed by atoms with Crippen molar-refractivity contribution in [2.24, 2.45) is 0 Å². The zero-order valence-corrected chi connectivity index (χ0v) is 16.2. The van der Waals surface area contributed by atoms with E-state index in [1.165, 1.54) is 0 Å². The highest BCUT2D eigenvalue weighted by molar-refractivity contribution is 7.98. The largest absolute Gasteiger partial charge is 0.325 e. The van der Waals surface area contributed by atoms with Crippen LogP contribution in [-0.4, -0.2) is 34.2 Å². The van der Waals surface area contributed by atoms with Crippen LogP contribution >= 0.6 is 11.8 Å². The standard InChI is InChI=1S/C22H17N3O3S/c26-19(13-25-21(27)17-8-1-2-9-18(17)22(25)28)24-16-7-5-6-15(12-16)14-29-20-10-3-4-11-23-20/h1-12H,13-14H2,(H,24,26). The number of thioether (sulfide) groups is 1. The van der Waals surface area contributed by atoms with Crippen molar-refractivity contribution in [3.63, 3.8) is 0 Å². The molecular formula is C22H17N3O3S. The van der Waals surface area contributed by atoms with Gasteiger partial charge in [-0.25, -0.2) is 4.98 Å². The van der Waals surface area contributed by atoms with Crippen molar-refractivity contribution in [3.8, 4) is 0 Å². The number of hydrogen-bond acceptors (Lipinski definition) is 5. The van der Waals surface area contributed by atoms with Gasteiger partial charge < -0.3 is 5.32 Å². The van der Waals surface area contributed by atoms with E-state index in [4.69, 9.17) is 0 Å². The first-order chi connectivity index (χ1) is 14.1. The van der Waals surface area contributed by atoms with Crippen LogP contribution < -0.4 is 5.32 Å². The minimum atomic E-state index is -0.443. The zero-order chi connectivity index (χ0) is 20.2. The van der Waals surface area contributed by atoms with Crippen molar-refractivity contribution >= 4 is 35.2 Å². The Morgan fingerprint density at radius 2 is 1.66 bits per heavy atom. The molecule has 29 heavy (non-hydrogen) atoms. The van der Waals surface area contributed by atoms with Crippen molar-refractivity contribution in [2.75, 3.05) is 11.9 Å². The molecule has 1 aliphatic rings. The smallest absolute Gasteiger partial charge is 0.262 e. The summed E-state index contributed by atoms with van der Waals surface area (Å²) in [5.74, 6) is -0.601. The Morgan fingerprint density at radius 1 is 0.931 bits per heavy atom. The van der Waals surface area contributed by atoms with Gasteiger partial charge in [-0.2, -0.15) is 0 Å². The Kier molecular flexibility index (Phi) is 5.39. The third-order valence-electron chi connectivity index (χ3n) is 4.42. The van der Waals surface area contributed by atoms with Gasteiger partial charge >= 0.3 is 0 Å². The van der Waals surface area contributed by atoms with Crippen molar-refractivity contribution in [2.45, 2.75) is 10.8 Å². The predicted octanol–water partition coefficient (Wildman–Crippen LogP) is 3.61. The van der Waals surface area contributed by atoms with Crippen LogP contribution in [0.3, 0.4) is 0 Å². The van der Waals surface area contributed by atoms with Gasteiger partial charge in [0.15, 0.2) is 0 Å². The fourth-order valence-electron chi connectivity index (χ4n) is 3.06. The molecule has 0 unspecified atom stereocenters. The van der Waals surface area contributed by atoms with Crippen LogP contribution in [0.15, 0.2) is 78.0 Å². The number of hydrogen-bond donors (Lipinski definition) is 1. The maximum absolute atomic E-state index is 12.4. The normalized spacial score (nSPS) is 12.8. The van der Waals surface area contributed by atoms with Gasteiger partial charge in [0.05, 0.1) is 16.2 Å². The summed E-state index contributed by atoms with van der Waals surface area (Å²) in [6.07, 6.45) is 1.75. The van der Waals surface area contributed by atoms with Gasteiger partial charge in [-0.05, 0) is 42.0 Å². The molecule has 0 bridgehead atoms. The number of anilines is 1. The molecule has 0 saturated heterocycles. The molecule has 0 atom stereocenters. The van der Waals surface area contributed by atoms with Gasteiger partial charge in [-0.15, -0.1) is 11.8 Å². The van der Waals surface area contributed by atoms with Crippen LogP contribution in [0.1, 0.15) is 26.3 Å². The first kappa shape index (κ1) is 18.9. The van der Waals surface area contributed by atoms with Crippen molar-refractivity contribution in [1.82, 2.24) is 9.88 Å². The molecule has 0 fully saturated rings. The summed E-state index contributed by atoms with van der Waals surface area (Å²) in [4.78, 5) is 42.5. The number of nitrogens with one attached hydrogen (secondary N) is 1. The molecule has 3 aromatic rings. The monoisotopic (exact) mass is 403 g/mol. The number of nitrogens with zero attached hydrogens (tertiary/aromatic N) is 2. The van der Waals surface area contributed by atoms with Gasteiger partial charge in [0, 0.05) is 17.6 Å². The van der Waals surface area contributed by atoms with Gasteiger partial charge in [0.2, 0.25) is 5.91 Å². The molecule has 1 aromatic heterocycles. The summed E-state index contributed by atoms with van der Waals surface area (Å²) in [5, 5.41) is 3.69. The second kappa shape index (κ2) is 8.28. The van der Waals surface area contributed by atoms with E-state index >= 15 is 0 Å². The molecular weight excluding hydrogens is 386 g/mol. The number of amides is 3. The Morgan fingerprint density at radius 3 is 2.34 bits per heavy atom. The molecule has 0 spiro atoms. The van der Waals surface area contributed by atoms with Crippen LogP contribution in [0.4, 0.5) is 5.69 Å². The highest BCUT2D eigenvalue weighted by Gasteiger charge is 2.36. The summed E-state index contributed by atoms with van der Waals surface area (Å²) in [5.41, 5.74) is 2.31. The Labute approximate surface area is 172 Å². The minimum Gasteiger partial charge on any atom is -0.325 e. The summed E-state index contributed by atoms with van der Waals surface area (Å²) in [6, 6.07) is 19.8. The third kappa shape index (κ3) is 4.20. The van der Waals surface area contributed by atoms with E-state index in [1.807, 2.05) is 36.4 Å². The van der Waals surface area contributed by atoms with E-state index < -0.39 is 17.7 Å². The van der Waals surface area contributed by atoms with Crippen molar-refractivity contribution < 1.29 is 14.4 Å². The highest BCUT2D eigenvalue weighted by Crippen LogP contribution is 2.23. The summed E-state index contributed by atoms with van der Waals surface area (Å²) in [6.45, 7) is -0.320. The topological polar surface area (TPSA) is 79.4 Å². The minimum absolute atomic E-state index is 0.320. The fourth-order valence-corrected chi connectivity index (χ4v) is 3.86. The Hall–Kier alpha value is -3.45. The molecule has 2 aromatic carbocycles. The summed E-state index contributed by atoms with van der Waals surface area (Å²) >= 11 is 1.60. The van der Waals surface area contributed by atoms with Crippen molar-refractivity contribution in [1.29, 1.82) is 0 Å². The van der Waals surface area contributed by atoms with Crippen LogP contribution in [0.25, 0.3) is 0 Å². The lowest BCUT2D eigenvalue weighted by Gasteiger charge is -2.14. The molecule has 3 amide bonds. The maximum Gasteiger partial charge on any atom is 0.262 e. The SMILES string of the molecule is O=C(CN1C(=O)c2ccccc2C1=O)Nc1cccc(CSc2ccccn2)c1. The second-order valence-electron chi connectivity index (χ2n) is 6.45. The first-order valence-electron chi connectivity index (χ1n) is 8.99. The number of carbonyl (C=O) groups is 3. The fraction of sp³-hybridized carbons (Fsp3) is 0.0909. The van der Waals surface area contributed by atoms with E-state index in [1.54, 1.807) is 48.3 Å². The molecule has 2 heterocycles. The van der Waals surface area contributed by atoms with E-state index in [9.17, 15) is 14.4 Å². The van der Waals surface area contributed by atoms with Crippen LogP contribution in [0.5, 0.6) is 0 Å². The lowest BCUT2D eigenvalue weighted by molar-refractivity contribution is -0.116. The Bertz CT molecular complexity index is 1050. The molecule has 0 aliphatic carbocycles. The van der Waals surface area contributed by atoms with Gasteiger partial charge in [0.1, 0.15) is 6.54 Å². The maximum atomic E-state index is 12.4. The molecule has 1 N–H and O–H groups in total. The van der Waals surface area contributed by atoms with E-state index in [0.717, 1.165) is 15.5 Å². The lowest BCUT2D eigenvalue weighted by atomic mass is 10.1. The van der Waals surface area contributed by atoms with Crippen LogP contribution in [-0.2, 0) is 10.5 Å². The zero-order valence-electron chi connectivity index (χ0n) is 15.4. The van der Waals surface area contributed by atoms with Crippen molar-refractivity contribution in [3.05, 3.63) is 89.6 Å². The molecule has 0 saturated carbocycles. The number of rotatable bonds is 6. The van der Waals surface area contributed by atoms with E-state index in [0.29, 0.717) is 22.6 Å². The lowest BCUT2D eigenvalue weighted by Crippen LogP contribution is -2.37. The quantitative estimate of drug-likeness (QED) is 0.502. The molecule has 0 radical (unpaired) electrons. The number of carbonyl (C=O) groups excluding carboxylic acids is 3. The van der Waals surface area contributed by atoms with Gasteiger partial charge in [-0.3, -0.25) is 19.3 Å². The number of benzene rings is 2. The Balaban J connectivity index is 1.38. The average Bonchev–Trinajstić information content (AvgIpc) is 2.98. The van der Waals surface area contributed by atoms with E-state index in [2.05, 4.69) is 10.3 Å². The number of imide groups is 1. The molecule has 6 nitrogen and oxygen atoms in total. The second-order valence-corrected chi connectivity index (χ2v) is 7.44. The highest BCUT2D eigenvalue weighted by atomic mass is 32.2. The van der Waals surface area contributed by atoms with Gasteiger partial charge in [0.25, 0.3) is 11.8 Å². The molecule has 4 rings (SSSR count). The molecule has 7 heteroatoms. The number of pyridine rings is 1. The molecule has 144 valence electrons. The summed E-state index contributed by atoms with van der Waals surface area (Å²) < 4.78 is 0. The number of aromatic nitrogens is 1. The van der Waals surface area contributed by atoms with Crippen LogP contribution in [0.2, 0.25) is 0 Å². The van der Waals surface area contributed by atoms with Gasteiger partial charge in [-0.1, -0.05) is 30.3 Å². The van der Waals surface area contributed by atoms with E-state index in [-0.39, 0.29) is 6.54 Å². The van der Waals surface area contributed by atoms with Crippen LogP contribution in [0, 0.1) is 0 Å². The summed E-state index contributed by atoms with van der Waals surface area (Å²) in [7, 11) is 0. The third-order valence-corrected chi connectivity index (χ3v) is 5.43. The number of fused-ring (bicyclic) bond motifs is 1. The molecule has 1 aliphatic heterocycles. The first-order valence-corrected chi connectivity index (χ1v) is 9.98. The average molecular weight is 403 g/mol.